The number of hydrogen-bond donors (Lipinski definition) is 5. The number of H-pyrrole nitrogens is 1. The fraction of sp³-hybridized carbons (Fsp3) is 0.0952. The number of benzene rings is 1. The highest BCUT2D eigenvalue weighted by Gasteiger charge is 2.18. The van der Waals surface area contributed by atoms with Gasteiger partial charge in [0, 0.05) is 18.9 Å². The SMILES string of the molecule is O=C(NCCO)c1ccc(Nc2cc(-c3c(F)cccc3F)nc3c[nH]c(O)c23)nc1. The number of nitrogens with zero attached hydrogens (tertiary/aromatic N) is 2. The van der Waals surface area contributed by atoms with Crippen molar-refractivity contribution in [3.63, 3.8) is 0 Å². The number of nitrogens with one attached hydrogen (secondary N) is 3. The molecule has 0 aliphatic heterocycles. The summed E-state index contributed by atoms with van der Waals surface area (Å²) in [5.74, 6) is -1.78. The third kappa shape index (κ3) is 4.01. The highest BCUT2D eigenvalue weighted by atomic mass is 19.1. The molecule has 4 aromatic rings. The van der Waals surface area contributed by atoms with Gasteiger partial charge in [-0.15, -0.1) is 0 Å². The van der Waals surface area contributed by atoms with Crippen molar-refractivity contribution in [3.05, 3.63) is 66.0 Å². The molecule has 0 fully saturated rings. The smallest absolute Gasteiger partial charge is 0.252 e. The van der Waals surface area contributed by atoms with Gasteiger partial charge < -0.3 is 25.8 Å². The van der Waals surface area contributed by atoms with E-state index in [1.54, 1.807) is 0 Å². The lowest BCUT2D eigenvalue weighted by atomic mass is 10.1. The first kappa shape index (κ1) is 20.2. The summed E-state index contributed by atoms with van der Waals surface area (Å²) in [6.45, 7) is -0.0576. The van der Waals surface area contributed by atoms with Crippen molar-refractivity contribution in [3.8, 4) is 17.1 Å². The van der Waals surface area contributed by atoms with Crippen LogP contribution < -0.4 is 10.6 Å². The van der Waals surface area contributed by atoms with Gasteiger partial charge in [0.05, 0.1) is 40.0 Å². The van der Waals surface area contributed by atoms with E-state index in [0.29, 0.717) is 22.4 Å². The van der Waals surface area contributed by atoms with Crippen LogP contribution in [-0.2, 0) is 0 Å². The zero-order valence-corrected chi connectivity index (χ0v) is 16.0. The molecule has 0 unspecified atom stereocenters. The minimum absolute atomic E-state index is 0.0320. The first-order valence-corrected chi connectivity index (χ1v) is 9.25. The number of rotatable bonds is 6. The van der Waals surface area contributed by atoms with Gasteiger partial charge >= 0.3 is 0 Å². The summed E-state index contributed by atoms with van der Waals surface area (Å²) in [6, 6.07) is 7.99. The molecule has 0 saturated heterocycles. The maximum absolute atomic E-state index is 14.3. The lowest BCUT2D eigenvalue weighted by molar-refractivity contribution is 0.0944. The van der Waals surface area contributed by atoms with Crippen molar-refractivity contribution < 1.29 is 23.8 Å². The molecule has 3 heterocycles. The molecule has 1 aromatic carbocycles. The second-order valence-corrected chi connectivity index (χ2v) is 6.59. The number of anilines is 2. The molecule has 0 atom stereocenters. The number of aromatic amines is 1. The molecule has 158 valence electrons. The topological polar surface area (TPSA) is 123 Å². The molecule has 4 rings (SSSR count). The molecule has 3 aromatic heterocycles. The summed E-state index contributed by atoms with van der Waals surface area (Å²) in [6.07, 6.45) is 2.75. The van der Waals surface area contributed by atoms with Crippen LogP contribution >= 0.6 is 0 Å². The Balaban J connectivity index is 1.72. The quantitative estimate of drug-likeness (QED) is 0.324. The largest absolute Gasteiger partial charge is 0.494 e. The van der Waals surface area contributed by atoms with Gasteiger partial charge in [0.2, 0.25) is 0 Å². The van der Waals surface area contributed by atoms with E-state index >= 15 is 0 Å². The van der Waals surface area contributed by atoms with Crippen LogP contribution in [0.4, 0.5) is 20.3 Å². The predicted molar refractivity (Wildman–Crippen MR) is 110 cm³/mol. The summed E-state index contributed by atoms with van der Waals surface area (Å²) >= 11 is 0. The number of carbonyl (C=O) groups is 1. The lowest BCUT2D eigenvalue weighted by Crippen LogP contribution is -2.26. The van der Waals surface area contributed by atoms with E-state index < -0.39 is 11.6 Å². The third-order valence-corrected chi connectivity index (χ3v) is 4.53. The van der Waals surface area contributed by atoms with Gasteiger partial charge in [0.1, 0.15) is 17.5 Å². The van der Waals surface area contributed by atoms with Crippen LogP contribution in [0.1, 0.15) is 10.4 Å². The Morgan fingerprint density at radius 3 is 2.61 bits per heavy atom. The van der Waals surface area contributed by atoms with E-state index in [0.717, 1.165) is 12.1 Å². The maximum Gasteiger partial charge on any atom is 0.252 e. The van der Waals surface area contributed by atoms with Crippen molar-refractivity contribution in [2.75, 3.05) is 18.5 Å². The molecule has 1 amide bonds. The number of fused-ring (bicyclic) bond motifs is 1. The highest BCUT2D eigenvalue weighted by molar-refractivity contribution is 5.99. The molecule has 0 radical (unpaired) electrons. The normalized spacial score (nSPS) is 10.9. The molecule has 10 heteroatoms. The number of carbonyl (C=O) groups excluding carboxylic acids is 1. The van der Waals surface area contributed by atoms with Crippen molar-refractivity contribution in [2.24, 2.45) is 0 Å². The van der Waals surface area contributed by atoms with E-state index in [1.165, 1.54) is 36.7 Å². The van der Waals surface area contributed by atoms with Crippen molar-refractivity contribution in [2.45, 2.75) is 0 Å². The van der Waals surface area contributed by atoms with E-state index in [9.17, 15) is 18.7 Å². The van der Waals surface area contributed by atoms with Gasteiger partial charge in [-0.05, 0) is 30.3 Å². The van der Waals surface area contributed by atoms with Crippen LogP contribution in [-0.4, -0.2) is 44.2 Å². The highest BCUT2D eigenvalue weighted by Crippen LogP contribution is 2.36. The van der Waals surface area contributed by atoms with Gasteiger partial charge in [-0.25, -0.2) is 18.7 Å². The number of hydrogen-bond acceptors (Lipinski definition) is 6. The molecule has 0 bridgehead atoms. The zero-order valence-electron chi connectivity index (χ0n) is 16.0. The average molecular weight is 425 g/mol. The molecule has 5 N–H and O–H groups in total. The Morgan fingerprint density at radius 2 is 1.94 bits per heavy atom. The first-order chi connectivity index (χ1) is 15.0. The molecule has 8 nitrogen and oxygen atoms in total. The van der Waals surface area contributed by atoms with Gasteiger partial charge in [-0.1, -0.05) is 6.07 Å². The number of pyridine rings is 2. The summed E-state index contributed by atoms with van der Waals surface area (Å²) in [5, 5.41) is 24.8. The fourth-order valence-electron chi connectivity index (χ4n) is 3.11. The second kappa shape index (κ2) is 8.36. The monoisotopic (exact) mass is 425 g/mol. The number of amides is 1. The molecule has 0 aliphatic carbocycles. The average Bonchev–Trinajstić information content (AvgIpc) is 3.13. The van der Waals surface area contributed by atoms with Crippen LogP contribution in [0.5, 0.6) is 5.88 Å². The number of aromatic nitrogens is 3. The number of aliphatic hydroxyl groups is 1. The minimum Gasteiger partial charge on any atom is -0.494 e. The van der Waals surface area contributed by atoms with E-state index in [1.807, 2.05) is 0 Å². The Labute approximate surface area is 174 Å². The van der Waals surface area contributed by atoms with Crippen LogP contribution in [0, 0.1) is 11.6 Å². The van der Waals surface area contributed by atoms with E-state index in [-0.39, 0.29) is 41.8 Å². The Morgan fingerprint density at radius 1 is 1.16 bits per heavy atom. The third-order valence-electron chi connectivity index (χ3n) is 4.53. The predicted octanol–water partition coefficient (Wildman–Crippen LogP) is 3.07. The molecule has 31 heavy (non-hydrogen) atoms. The van der Waals surface area contributed by atoms with Gasteiger partial charge in [-0.3, -0.25) is 4.79 Å². The minimum atomic E-state index is -0.770. The van der Waals surface area contributed by atoms with Gasteiger partial charge in [-0.2, -0.15) is 0 Å². The summed E-state index contributed by atoms with van der Waals surface area (Å²) < 4.78 is 28.6. The van der Waals surface area contributed by atoms with E-state index in [4.69, 9.17) is 5.11 Å². The van der Waals surface area contributed by atoms with Crippen LogP contribution in [0.25, 0.3) is 22.2 Å². The first-order valence-electron chi connectivity index (χ1n) is 9.25. The Hall–Kier alpha value is -4.05. The summed E-state index contributed by atoms with van der Waals surface area (Å²) in [5.41, 5.74) is 0.630. The molecule has 0 aliphatic rings. The fourth-order valence-corrected chi connectivity index (χ4v) is 3.11. The van der Waals surface area contributed by atoms with Crippen molar-refractivity contribution in [1.82, 2.24) is 20.3 Å². The number of aromatic hydroxyl groups is 1. The summed E-state index contributed by atoms with van der Waals surface area (Å²) in [7, 11) is 0. The van der Waals surface area contributed by atoms with Gasteiger partial charge in [0.25, 0.3) is 5.91 Å². The van der Waals surface area contributed by atoms with Crippen LogP contribution in [0.15, 0.2) is 48.8 Å². The maximum atomic E-state index is 14.3. The molecule has 0 saturated carbocycles. The van der Waals surface area contributed by atoms with Crippen LogP contribution in [0.2, 0.25) is 0 Å². The van der Waals surface area contributed by atoms with E-state index in [2.05, 4.69) is 25.6 Å². The Kier molecular flexibility index (Phi) is 5.46. The molecule has 0 spiro atoms. The Bertz CT molecular complexity index is 1240. The number of halogens is 2. The lowest BCUT2D eigenvalue weighted by Gasteiger charge is -2.11. The number of aliphatic hydroxyl groups excluding tert-OH is 1. The van der Waals surface area contributed by atoms with Gasteiger partial charge in [0.15, 0.2) is 5.88 Å². The van der Waals surface area contributed by atoms with Crippen molar-refractivity contribution >= 4 is 28.3 Å². The zero-order chi connectivity index (χ0) is 22.0. The van der Waals surface area contributed by atoms with Crippen LogP contribution in [0.3, 0.4) is 0 Å². The standard InChI is InChI=1S/C21H17F2N5O3/c22-12-2-1-3-13(23)18(12)14-8-15(19-16(27-14)10-26-21(19)31)28-17-5-4-11(9-25-17)20(30)24-6-7-29/h1-5,8-10,26,29,31H,6-7H2,(H,24,30)(H,25,28). The van der Waals surface area contributed by atoms with Crippen molar-refractivity contribution in [1.29, 1.82) is 0 Å². The molecular weight excluding hydrogens is 408 g/mol. The second-order valence-electron chi connectivity index (χ2n) is 6.59. The summed E-state index contributed by atoms with van der Waals surface area (Å²) in [4.78, 5) is 23.0. The molecular formula is C21H17F2N5O3.